The van der Waals surface area contributed by atoms with Gasteiger partial charge in [-0.1, -0.05) is 62.4 Å². The summed E-state index contributed by atoms with van der Waals surface area (Å²) >= 11 is 0. The van der Waals surface area contributed by atoms with Crippen LogP contribution in [-0.4, -0.2) is 30.9 Å². The van der Waals surface area contributed by atoms with Crippen molar-refractivity contribution in [1.29, 1.82) is 0 Å². The Balaban J connectivity index is 1.76. The Morgan fingerprint density at radius 2 is 1.86 bits per heavy atom. The Morgan fingerprint density at radius 1 is 1.10 bits per heavy atom. The molecule has 1 fully saturated rings. The van der Waals surface area contributed by atoms with Crippen LogP contribution in [0.3, 0.4) is 0 Å². The summed E-state index contributed by atoms with van der Waals surface area (Å²) in [7, 11) is 1.40. The van der Waals surface area contributed by atoms with Gasteiger partial charge in [-0.25, -0.2) is 4.79 Å². The Kier molecular flexibility index (Phi) is 7.84. The zero-order valence-corrected chi connectivity index (χ0v) is 17.5. The third-order valence-electron chi connectivity index (χ3n) is 5.93. The highest BCUT2D eigenvalue weighted by atomic mass is 16.5. The Hall–Kier alpha value is -2.17. The first kappa shape index (κ1) is 21.5. The van der Waals surface area contributed by atoms with Crippen LogP contribution in [0.4, 0.5) is 0 Å². The highest BCUT2D eigenvalue weighted by Gasteiger charge is 2.20. The van der Waals surface area contributed by atoms with Gasteiger partial charge in [0.2, 0.25) is 0 Å². The number of hydrogen-bond donors (Lipinski definition) is 1. The van der Waals surface area contributed by atoms with E-state index in [0.717, 1.165) is 28.7 Å². The lowest BCUT2D eigenvalue weighted by Crippen LogP contribution is -2.23. The topological polar surface area (TPSA) is 55.8 Å². The van der Waals surface area contributed by atoms with Crippen molar-refractivity contribution in [3.05, 3.63) is 59.2 Å². The average molecular weight is 397 g/mol. The fourth-order valence-electron chi connectivity index (χ4n) is 4.27. The van der Waals surface area contributed by atoms with Crippen molar-refractivity contribution < 1.29 is 19.4 Å². The Labute approximate surface area is 173 Å². The molecule has 0 bridgehead atoms. The number of methoxy groups -OCH3 is 1. The molecule has 4 nitrogen and oxygen atoms in total. The molecule has 1 aliphatic carbocycles. The number of rotatable bonds is 8. The number of aryl methyl sites for hydroxylation is 1. The van der Waals surface area contributed by atoms with Crippen molar-refractivity contribution in [3.63, 3.8) is 0 Å². The zero-order valence-electron chi connectivity index (χ0n) is 17.5. The minimum absolute atomic E-state index is 0.0431. The van der Waals surface area contributed by atoms with Crippen molar-refractivity contribution in [1.82, 2.24) is 0 Å². The Morgan fingerprint density at radius 3 is 2.55 bits per heavy atom. The number of ether oxygens (including phenoxy) is 2. The van der Waals surface area contributed by atoms with E-state index in [-0.39, 0.29) is 18.7 Å². The van der Waals surface area contributed by atoms with E-state index in [1.54, 1.807) is 6.07 Å². The molecule has 1 atom stereocenters. The predicted molar refractivity (Wildman–Crippen MR) is 115 cm³/mol. The van der Waals surface area contributed by atoms with Crippen molar-refractivity contribution in [3.8, 4) is 11.1 Å². The molecule has 0 heterocycles. The monoisotopic (exact) mass is 396 g/mol. The molecule has 2 aromatic carbocycles. The first-order valence-corrected chi connectivity index (χ1v) is 10.6. The number of carbonyl (C=O) groups excluding carboxylic acids is 1. The van der Waals surface area contributed by atoms with Crippen LogP contribution in [0.5, 0.6) is 0 Å². The average Bonchev–Trinajstić information content (AvgIpc) is 2.77. The highest BCUT2D eigenvalue weighted by molar-refractivity contribution is 5.97. The normalized spacial score (nSPS) is 15.8. The van der Waals surface area contributed by atoms with Crippen LogP contribution in [0.1, 0.15) is 60.0 Å². The number of aliphatic hydroxyl groups is 1. The van der Waals surface area contributed by atoms with Gasteiger partial charge in [0, 0.05) is 0 Å². The summed E-state index contributed by atoms with van der Waals surface area (Å²) in [6.45, 7) is 2.49. The molecule has 0 spiro atoms. The molecular formula is C25H32O4. The van der Waals surface area contributed by atoms with Crippen LogP contribution in [0.25, 0.3) is 11.1 Å². The van der Waals surface area contributed by atoms with E-state index in [4.69, 9.17) is 9.47 Å². The summed E-state index contributed by atoms with van der Waals surface area (Å²) < 4.78 is 11.0. The third kappa shape index (κ3) is 5.68. The van der Waals surface area contributed by atoms with Crippen molar-refractivity contribution in [2.45, 2.75) is 58.2 Å². The van der Waals surface area contributed by atoms with Crippen LogP contribution in [0, 0.1) is 12.8 Å². The van der Waals surface area contributed by atoms with Gasteiger partial charge in [-0.05, 0) is 53.6 Å². The second kappa shape index (κ2) is 10.6. The number of hydrogen-bond acceptors (Lipinski definition) is 4. The predicted octanol–water partition coefficient (Wildman–Crippen LogP) is 5.30. The smallest absolute Gasteiger partial charge is 0.338 e. The van der Waals surface area contributed by atoms with Crippen LogP contribution in [-0.2, 0) is 16.1 Å². The first-order valence-electron chi connectivity index (χ1n) is 10.6. The fraction of sp³-hybridized carbons (Fsp3) is 0.480. The molecule has 1 N–H and O–H groups in total. The van der Waals surface area contributed by atoms with Gasteiger partial charge in [0.15, 0.2) is 0 Å². The Bertz CT molecular complexity index is 808. The minimum Gasteiger partial charge on any atom is -0.465 e. The van der Waals surface area contributed by atoms with E-state index in [9.17, 15) is 9.90 Å². The number of carbonyl (C=O) groups is 1. The number of benzene rings is 2. The zero-order chi connectivity index (χ0) is 20.6. The molecular weight excluding hydrogens is 364 g/mol. The lowest BCUT2D eigenvalue weighted by Gasteiger charge is -2.25. The van der Waals surface area contributed by atoms with Gasteiger partial charge >= 0.3 is 5.97 Å². The summed E-state index contributed by atoms with van der Waals surface area (Å²) in [4.78, 5) is 12.3. The van der Waals surface area contributed by atoms with Crippen molar-refractivity contribution >= 4 is 5.97 Å². The molecule has 0 unspecified atom stereocenters. The summed E-state index contributed by atoms with van der Waals surface area (Å²) in [6, 6.07) is 13.7. The van der Waals surface area contributed by atoms with E-state index in [1.807, 2.05) is 43.3 Å². The van der Waals surface area contributed by atoms with Gasteiger partial charge in [-0.2, -0.15) is 0 Å². The van der Waals surface area contributed by atoms with Gasteiger partial charge < -0.3 is 14.6 Å². The van der Waals surface area contributed by atoms with E-state index in [1.165, 1.54) is 39.2 Å². The van der Waals surface area contributed by atoms with Crippen LogP contribution >= 0.6 is 0 Å². The van der Waals surface area contributed by atoms with Gasteiger partial charge in [-0.3, -0.25) is 0 Å². The molecule has 3 rings (SSSR count). The fourth-order valence-corrected chi connectivity index (χ4v) is 4.27. The molecule has 0 saturated heterocycles. The van der Waals surface area contributed by atoms with Gasteiger partial charge in [0.05, 0.1) is 32.0 Å². The summed E-state index contributed by atoms with van der Waals surface area (Å²) in [6.07, 6.45) is 7.17. The van der Waals surface area contributed by atoms with Crippen LogP contribution in [0.2, 0.25) is 0 Å². The SMILES string of the molecule is COC(=O)c1ccc(CO[C@H](CO)CC2CCCCC2)cc1-c1ccccc1C. The van der Waals surface area contributed by atoms with E-state index < -0.39 is 0 Å². The van der Waals surface area contributed by atoms with E-state index in [0.29, 0.717) is 18.1 Å². The van der Waals surface area contributed by atoms with Gasteiger partial charge in [0.25, 0.3) is 0 Å². The number of esters is 1. The summed E-state index contributed by atoms with van der Waals surface area (Å²) in [5.74, 6) is 0.311. The summed E-state index contributed by atoms with van der Waals surface area (Å²) in [5, 5.41) is 9.77. The van der Waals surface area contributed by atoms with Gasteiger partial charge in [-0.15, -0.1) is 0 Å². The summed E-state index contributed by atoms with van der Waals surface area (Å²) in [5.41, 5.74) is 4.49. The van der Waals surface area contributed by atoms with Crippen molar-refractivity contribution in [2.24, 2.45) is 5.92 Å². The first-order chi connectivity index (χ1) is 14.1. The molecule has 156 valence electrons. The molecule has 0 aliphatic heterocycles. The highest BCUT2D eigenvalue weighted by Crippen LogP contribution is 2.30. The minimum atomic E-state index is -0.346. The molecule has 1 aliphatic rings. The lowest BCUT2D eigenvalue weighted by atomic mass is 9.85. The standard InChI is InChI=1S/C25H32O4/c1-18-8-6-7-11-22(18)24-15-20(12-13-23(24)25(27)28-2)17-29-21(16-26)14-19-9-4-3-5-10-19/h6-8,11-13,15,19,21,26H,3-5,9-10,14,16-17H2,1-2H3/t21-/m0/s1. The maximum atomic E-state index is 12.3. The molecule has 4 heteroatoms. The lowest BCUT2D eigenvalue weighted by molar-refractivity contribution is -0.0141. The van der Waals surface area contributed by atoms with Crippen LogP contribution in [0.15, 0.2) is 42.5 Å². The molecule has 1 saturated carbocycles. The third-order valence-corrected chi connectivity index (χ3v) is 5.93. The quantitative estimate of drug-likeness (QED) is 0.616. The van der Waals surface area contributed by atoms with E-state index >= 15 is 0 Å². The molecule has 0 aromatic heterocycles. The molecule has 29 heavy (non-hydrogen) atoms. The van der Waals surface area contributed by atoms with E-state index in [2.05, 4.69) is 0 Å². The maximum Gasteiger partial charge on any atom is 0.338 e. The molecule has 0 radical (unpaired) electrons. The largest absolute Gasteiger partial charge is 0.465 e. The second-order valence-electron chi connectivity index (χ2n) is 8.04. The van der Waals surface area contributed by atoms with Gasteiger partial charge in [0.1, 0.15) is 0 Å². The molecule has 2 aromatic rings. The van der Waals surface area contributed by atoms with Crippen molar-refractivity contribution in [2.75, 3.05) is 13.7 Å². The van der Waals surface area contributed by atoms with Crippen LogP contribution < -0.4 is 0 Å². The second-order valence-corrected chi connectivity index (χ2v) is 8.04. The number of aliphatic hydroxyl groups excluding tert-OH is 1. The molecule has 0 amide bonds. The maximum absolute atomic E-state index is 12.3.